The van der Waals surface area contributed by atoms with E-state index in [1.165, 1.54) is 30.6 Å². The highest BCUT2D eigenvalue weighted by Gasteiger charge is 2.15. The Morgan fingerprint density at radius 1 is 1.57 bits per heavy atom. The minimum Gasteiger partial charge on any atom is -0.496 e. The van der Waals surface area contributed by atoms with Gasteiger partial charge in [0.25, 0.3) is 0 Å². The van der Waals surface area contributed by atoms with Crippen molar-refractivity contribution in [2.45, 2.75) is 6.42 Å². The van der Waals surface area contributed by atoms with Gasteiger partial charge in [-0.05, 0) is 12.6 Å². The Balaban J connectivity index is 2.28. The highest BCUT2D eigenvalue weighted by molar-refractivity contribution is 7.13. The third kappa shape index (κ3) is 3.63. The molecule has 0 unspecified atom stereocenters. The van der Waals surface area contributed by atoms with Crippen molar-refractivity contribution >= 4 is 39.7 Å². The molecule has 0 aliphatic heterocycles. The summed E-state index contributed by atoms with van der Waals surface area (Å²) in [5, 5.41) is 15.0. The van der Waals surface area contributed by atoms with Crippen molar-refractivity contribution in [3.63, 3.8) is 0 Å². The van der Waals surface area contributed by atoms with Crippen LogP contribution in [0, 0.1) is 0 Å². The van der Waals surface area contributed by atoms with Crippen molar-refractivity contribution < 1.29 is 14.6 Å². The number of nitrogens with one attached hydrogen (secondary N) is 1. The molecule has 112 valence electrons. The predicted octanol–water partition coefficient (Wildman–Crippen LogP) is 2.75. The summed E-state index contributed by atoms with van der Waals surface area (Å²) in [6, 6.07) is 2.88. The Hall–Kier alpha value is -1.83. The van der Waals surface area contributed by atoms with Gasteiger partial charge in [-0.3, -0.25) is 0 Å². The molecule has 0 saturated carbocycles. The molecule has 0 atom stereocenters. The van der Waals surface area contributed by atoms with Gasteiger partial charge in [-0.1, -0.05) is 11.6 Å². The number of methoxy groups -OCH3 is 1. The number of halogens is 1. The highest BCUT2D eigenvalue weighted by Crippen LogP contribution is 2.33. The molecule has 0 saturated heterocycles. The zero-order chi connectivity index (χ0) is 15.4. The molecule has 0 bridgehead atoms. The van der Waals surface area contributed by atoms with Crippen LogP contribution in [0.1, 0.15) is 16.1 Å². The number of anilines is 2. The molecule has 2 aromatic rings. The van der Waals surface area contributed by atoms with E-state index < -0.39 is 5.97 Å². The lowest BCUT2D eigenvalue weighted by Gasteiger charge is -2.10. The average Bonchev–Trinajstić information content (AvgIpc) is 2.88. The number of hydrogen-bond acceptors (Lipinski definition) is 6. The van der Waals surface area contributed by atoms with Crippen LogP contribution in [0.25, 0.3) is 0 Å². The van der Waals surface area contributed by atoms with Crippen molar-refractivity contribution in [1.29, 1.82) is 0 Å². The van der Waals surface area contributed by atoms with E-state index >= 15 is 0 Å². The first-order valence-corrected chi connectivity index (χ1v) is 7.33. The number of thiazole rings is 1. The van der Waals surface area contributed by atoms with Crippen molar-refractivity contribution in [2.75, 3.05) is 19.0 Å². The second-order valence-corrected chi connectivity index (χ2v) is 5.41. The number of nitrogens with zero attached hydrogens (tertiary/aromatic N) is 1. The number of aromatic nitrogens is 1. The van der Waals surface area contributed by atoms with Gasteiger partial charge in [0.1, 0.15) is 11.3 Å². The first-order chi connectivity index (χ1) is 10.0. The van der Waals surface area contributed by atoms with E-state index in [4.69, 9.17) is 27.2 Å². The molecule has 1 heterocycles. The van der Waals surface area contributed by atoms with E-state index in [2.05, 4.69) is 10.3 Å². The van der Waals surface area contributed by atoms with Gasteiger partial charge in [0.15, 0.2) is 5.13 Å². The number of nitrogens with two attached hydrogens (primary N) is 1. The summed E-state index contributed by atoms with van der Waals surface area (Å²) in [4.78, 5) is 15.5. The van der Waals surface area contributed by atoms with E-state index in [0.717, 1.165) is 5.69 Å². The van der Waals surface area contributed by atoms with Gasteiger partial charge < -0.3 is 20.9 Å². The van der Waals surface area contributed by atoms with E-state index in [9.17, 15) is 4.79 Å². The molecular weight excluding hydrogens is 314 g/mol. The average molecular weight is 328 g/mol. The molecule has 0 aliphatic carbocycles. The summed E-state index contributed by atoms with van der Waals surface area (Å²) in [5.74, 6) is -0.868. The third-order valence-corrected chi connectivity index (χ3v) is 3.83. The van der Waals surface area contributed by atoms with Gasteiger partial charge in [-0.2, -0.15) is 0 Å². The van der Waals surface area contributed by atoms with Crippen LogP contribution < -0.4 is 15.8 Å². The second kappa shape index (κ2) is 6.75. The minimum atomic E-state index is -1.10. The summed E-state index contributed by atoms with van der Waals surface area (Å²) in [7, 11) is 1.40. The van der Waals surface area contributed by atoms with Gasteiger partial charge in [-0.15, -0.1) is 11.3 Å². The standard InChI is InChI=1S/C13H14ClN3O3S/c1-20-11-5-10(9(14)4-8(11)12(18)19)17-13-16-7(2-3-15)6-21-13/h4-6H,2-3,15H2,1H3,(H,16,17)(H,18,19). The van der Waals surface area contributed by atoms with Crippen LogP contribution in [0.15, 0.2) is 17.5 Å². The molecule has 0 spiro atoms. The number of benzene rings is 1. The van der Waals surface area contributed by atoms with Crippen LogP contribution in [0.4, 0.5) is 10.8 Å². The molecule has 0 amide bonds. The van der Waals surface area contributed by atoms with E-state index in [-0.39, 0.29) is 16.3 Å². The molecule has 21 heavy (non-hydrogen) atoms. The van der Waals surface area contributed by atoms with E-state index in [1.807, 2.05) is 5.38 Å². The topological polar surface area (TPSA) is 97.5 Å². The lowest BCUT2D eigenvalue weighted by Crippen LogP contribution is -2.03. The summed E-state index contributed by atoms with van der Waals surface area (Å²) < 4.78 is 5.07. The summed E-state index contributed by atoms with van der Waals surface area (Å²) in [6.07, 6.45) is 0.702. The fraction of sp³-hybridized carbons (Fsp3) is 0.231. The lowest BCUT2D eigenvalue weighted by atomic mass is 10.2. The minimum absolute atomic E-state index is 0.0102. The normalized spacial score (nSPS) is 10.4. The first kappa shape index (κ1) is 15.6. The molecule has 4 N–H and O–H groups in total. The SMILES string of the molecule is COc1cc(Nc2nc(CCN)cs2)c(Cl)cc1C(=O)O. The van der Waals surface area contributed by atoms with Gasteiger partial charge in [0.05, 0.1) is 23.5 Å². The summed E-state index contributed by atoms with van der Waals surface area (Å²) in [6.45, 7) is 0.533. The van der Waals surface area contributed by atoms with Gasteiger partial charge in [-0.25, -0.2) is 9.78 Å². The van der Waals surface area contributed by atoms with Gasteiger partial charge in [0.2, 0.25) is 0 Å². The van der Waals surface area contributed by atoms with Crippen molar-refractivity contribution in [3.8, 4) is 5.75 Å². The predicted molar refractivity (Wildman–Crippen MR) is 83.1 cm³/mol. The largest absolute Gasteiger partial charge is 0.496 e. The molecule has 2 rings (SSSR count). The van der Waals surface area contributed by atoms with Crippen molar-refractivity contribution in [3.05, 3.63) is 33.8 Å². The van der Waals surface area contributed by atoms with E-state index in [0.29, 0.717) is 23.8 Å². The number of rotatable bonds is 6. The Morgan fingerprint density at radius 3 is 2.95 bits per heavy atom. The summed E-state index contributed by atoms with van der Waals surface area (Å²) in [5.41, 5.74) is 6.92. The maximum absolute atomic E-state index is 11.1. The smallest absolute Gasteiger partial charge is 0.339 e. The van der Waals surface area contributed by atoms with Crippen LogP contribution in [-0.2, 0) is 6.42 Å². The molecule has 1 aromatic carbocycles. The highest BCUT2D eigenvalue weighted by atomic mass is 35.5. The van der Waals surface area contributed by atoms with Crippen LogP contribution in [0.3, 0.4) is 0 Å². The number of ether oxygens (including phenoxy) is 1. The molecule has 6 nitrogen and oxygen atoms in total. The molecule has 0 radical (unpaired) electrons. The maximum atomic E-state index is 11.1. The number of carboxylic acid groups (broad SMARTS) is 1. The fourth-order valence-electron chi connectivity index (χ4n) is 1.73. The Bertz CT molecular complexity index is 660. The Kier molecular flexibility index (Phi) is 5.00. The third-order valence-electron chi connectivity index (χ3n) is 2.71. The summed E-state index contributed by atoms with van der Waals surface area (Å²) >= 11 is 7.52. The number of aromatic carboxylic acids is 1. The zero-order valence-electron chi connectivity index (χ0n) is 11.2. The molecule has 8 heteroatoms. The Labute approximate surface area is 130 Å². The second-order valence-electron chi connectivity index (χ2n) is 4.15. The maximum Gasteiger partial charge on any atom is 0.339 e. The fourth-order valence-corrected chi connectivity index (χ4v) is 2.70. The first-order valence-electron chi connectivity index (χ1n) is 6.07. The van der Waals surface area contributed by atoms with Crippen molar-refractivity contribution in [2.24, 2.45) is 5.73 Å². The molecular formula is C13H14ClN3O3S. The lowest BCUT2D eigenvalue weighted by molar-refractivity contribution is 0.0693. The molecule has 1 aromatic heterocycles. The monoisotopic (exact) mass is 327 g/mol. The molecule has 0 aliphatic rings. The Morgan fingerprint density at radius 2 is 2.33 bits per heavy atom. The quantitative estimate of drug-likeness (QED) is 0.754. The van der Waals surface area contributed by atoms with Gasteiger partial charge >= 0.3 is 5.97 Å². The van der Waals surface area contributed by atoms with Crippen molar-refractivity contribution in [1.82, 2.24) is 4.98 Å². The molecule has 0 fully saturated rings. The number of hydrogen-bond donors (Lipinski definition) is 3. The number of carbonyl (C=O) groups is 1. The number of carboxylic acids is 1. The van der Waals surface area contributed by atoms with E-state index in [1.54, 1.807) is 0 Å². The zero-order valence-corrected chi connectivity index (χ0v) is 12.8. The van der Waals surface area contributed by atoms with Crippen LogP contribution >= 0.6 is 22.9 Å². The van der Waals surface area contributed by atoms with Crippen LogP contribution in [-0.4, -0.2) is 29.7 Å². The van der Waals surface area contributed by atoms with Crippen LogP contribution in [0.5, 0.6) is 5.75 Å². The van der Waals surface area contributed by atoms with Crippen LogP contribution in [0.2, 0.25) is 5.02 Å². The van der Waals surface area contributed by atoms with Gasteiger partial charge in [0, 0.05) is 17.9 Å².